The first kappa shape index (κ1) is 11.5. The van der Waals surface area contributed by atoms with E-state index < -0.39 is 0 Å². The van der Waals surface area contributed by atoms with Gasteiger partial charge in [0.25, 0.3) is 0 Å². The van der Waals surface area contributed by atoms with Gasteiger partial charge in [-0.05, 0) is 37.2 Å². The van der Waals surface area contributed by atoms with Crippen LogP contribution in [0, 0.1) is 0 Å². The third-order valence-electron chi connectivity index (χ3n) is 3.79. The second-order valence-corrected chi connectivity index (χ2v) is 5.05. The molecule has 0 radical (unpaired) electrons. The quantitative estimate of drug-likeness (QED) is 0.769. The van der Waals surface area contributed by atoms with Gasteiger partial charge in [0.15, 0.2) is 5.65 Å². The van der Waals surface area contributed by atoms with Crippen LogP contribution in [0.4, 0.5) is 0 Å². The molecule has 0 aliphatic carbocycles. The maximum absolute atomic E-state index is 4.81. The minimum Gasteiger partial charge on any atom is -0.316 e. The van der Waals surface area contributed by atoms with Gasteiger partial charge in [0, 0.05) is 31.1 Å². The van der Waals surface area contributed by atoms with Crippen LogP contribution in [0.3, 0.4) is 0 Å². The zero-order chi connectivity index (χ0) is 13.4. The third kappa shape index (κ3) is 1.78. The Morgan fingerprint density at radius 2 is 2.05 bits per heavy atom. The molecule has 1 atom stereocenters. The molecule has 1 aliphatic heterocycles. The normalized spacial score (nSPS) is 18.7. The highest BCUT2D eigenvalue weighted by atomic mass is 15.1. The number of nitrogens with one attached hydrogen (secondary N) is 1. The van der Waals surface area contributed by atoms with Crippen LogP contribution in [-0.2, 0) is 0 Å². The van der Waals surface area contributed by atoms with Crippen molar-refractivity contribution in [1.82, 2.24) is 24.8 Å². The Morgan fingerprint density at radius 3 is 2.85 bits per heavy atom. The number of nitrogens with zero attached hydrogens (tertiary/aromatic N) is 4. The largest absolute Gasteiger partial charge is 0.316 e. The molecular formula is C15H15N5. The maximum Gasteiger partial charge on any atom is 0.164 e. The van der Waals surface area contributed by atoms with E-state index in [1.807, 2.05) is 30.5 Å². The SMILES string of the molecule is c1cnc2c(c1)nc(C1CCNC1)n2-c1ccncc1. The summed E-state index contributed by atoms with van der Waals surface area (Å²) in [7, 11) is 0. The lowest BCUT2D eigenvalue weighted by Crippen LogP contribution is -2.12. The van der Waals surface area contributed by atoms with E-state index in [0.29, 0.717) is 5.92 Å². The first-order valence-electron chi connectivity index (χ1n) is 6.88. The molecule has 100 valence electrons. The molecule has 1 unspecified atom stereocenters. The monoisotopic (exact) mass is 265 g/mol. The van der Waals surface area contributed by atoms with E-state index in [4.69, 9.17) is 4.98 Å². The van der Waals surface area contributed by atoms with Gasteiger partial charge in [-0.25, -0.2) is 9.97 Å². The fourth-order valence-corrected chi connectivity index (χ4v) is 2.83. The minimum absolute atomic E-state index is 0.442. The van der Waals surface area contributed by atoms with Crippen molar-refractivity contribution < 1.29 is 0 Å². The van der Waals surface area contributed by atoms with Gasteiger partial charge < -0.3 is 5.32 Å². The first-order chi connectivity index (χ1) is 9.93. The van der Waals surface area contributed by atoms with Gasteiger partial charge in [0.2, 0.25) is 0 Å². The maximum atomic E-state index is 4.81. The van der Waals surface area contributed by atoms with E-state index >= 15 is 0 Å². The Kier molecular flexibility index (Phi) is 2.70. The predicted molar refractivity (Wildman–Crippen MR) is 76.9 cm³/mol. The minimum atomic E-state index is 0.442. The summed E-state index contributed by atoms with van der Waals surface area (Å²) in [6.45, 7) is 2.03. The Balaban J connectivity index is 1.98. The Labute approximate surface area is 116 Å². The Bertz CT molecular complexity index is 728. The van der Waals surface area contributed by atoms with Gasteiger partial charge in [-0.1, -0.05) is 0 Å². The number of fused-ring (bicyclic) bond motifs is 1. The lowest BCUT2D eigenvalue weighted by molar-refractivity contribution is 0.690. The van der Waals surface area contributed by atoms with Crippen molar-refractivity contribution in [3.8, 4) is 5.69 Å². The number of pyridine rings is 2. The molecule has 0 aromatic carbocycles. The van der Waals surface area contributed by atoms with E-state index in [-0.39, 0.29) is 0 Å². The average Bonchev–Trinajstić information content (AvgIpc) is 3.15. The molecule has 3 aromatic rings. The van der Waals surface area contributed by atoms with Crippen LogP contribution in [0.15, 0.2) is 42.9 Å². The van der Waals surface area contributed by atoms with Gasteiger partial charge in [-0.2, -0.15) is 0 Å². The molecular weight excluding hydrogens is 250 g/mol. The fourth-order valence-electron chi connectivity index (χ4n) is 2.83. The predicted octanol–water partition coefficient (Wildman–Crippen LogP) is 1.89. The van der Waals surface area contributed by atoms with E-state index in [1.165, 1.54) is 0 Å². The molecule has 5 heteroatoms. The average molecular weight is 265 g/mol. The Hall–Kier alpha value is -2.27. The lowest BCUT2D eigenvalue weighted by atomic mass is 10.1. The highest BCUT2D eigenvalue weighted by Crippen LogP contribution is 2.28. The standard InChI is InChI=1S/C15H15N5/c1-2-13-15(18-6-1)20(12-4-8-16-9-5-12)14(19-13)11-3-7-17-10-11/h1-2,4-6,8-9,11,17H,3,7,10H2. The summed E-state index contributed by atoms with van der Waals surface area (Å²) in [6, 6.07) is 7.96. The van der Waals surface area contributed by atoms with Crippen LogP contribution in [0.2, 0.25) is 0 Å². The highest BCUT2D eigenvalue weighted by molar-refractivity contribution is 5.74. The van der Waals surface area contributed by atoms with E-state index in [9.17, 15) is 0 Å². The summed E-state index contributed by atoms with van der Waals surface area (Å²) >= 11 is 0. The van der Waals surface area contributed by atoms with Crippen LogP contribution in [0.5, 0.6) is 0 Å². The molecule has 5 nitrogen and oxygen atoms in total. The summed E-state index contributed by atoms with van der Waals surface area (Å²) in [5, 5.41) is 3.41. The fraction of sp³-hybridized carbons (Fsp3) is 0.267. The van der Waals surface area contributed by atoms with Gasteiger partial charge in [0.05, 0.1) is 5.69 Å². The molecule has 3 aromatic heterocycles. The van der Waals surface area contributed by atoms with Gasteiger partial charge in [-0.3, -0.25) is 9.55 Å². The van der Waals surface area contributed by atoms with Crippen molar-refractivity contribution in [2.45, 2.75) is 12.3 Å². The highest BCUT2D eigenvalue weighted by Gasteiger charge is 2.24. The van der Waals surface area contributed by atoms with Crippen molar-refractivity contribution in [3.05, 3.63) is 48.7 Å². The molecule has 1 saturated heterocycles. The smallest absolute Gasteiger partial charge is 0.164 e. The van der Waals surface area contributed by atoms with Crippen LogP contribution >= 0.6 is 0 Å². The third-order valence-corrected chi connectivity index (χ3v) is 3.79. The zero-order valence-corrected chi connectivity index (χ0v) is 11.0. The second-order valence-electron chi connectivity index (χ2n) is 5.05. The molecule has 0 saturated carbocycles. The van der Waals surface area contributed by atoms with Gasteiger partial charge >= 0.3 is 0 Å². The van der Waals surface area contributed by atoms with Crippen molar-refractivity contribution in [2.24, 2.45) is 0 Å². The molecule has 0 spiro atoms. The van der Waals surface area contributed by atoms with Crippen molar-refractivity contribution >= 4 is 11.2 Å². The number of aromatic nitrogens is 4. The van der Waals surface area contributed by atoms with Crippen LogP contribution in [-0.4, -0.2) is 32.6 Å². The Morgan fingerprint density at radius 1 is 1.15 bits per heavy atom. The van der Waals surface area contributed by atoms with E-state index in [2.05, 4.69) is 19.9 Å². The molecule has 1 N–H and O–H groups in total. The van der Waals surface area contributed by atoms with Crippen molar-refractivity contribution in [3.63, 3.8) is 0 Å². The molecule has 4 heterocycles. The summed E-state index contributed by atoms with van der Waals surface area (Å²) in [5.41, 5.74) is 2.94. The molecule has 0 amide bonds. The van der Waals surface area contributed by atoms with E-state index in [1.54, 1.807) is 12.4 Å². The molecule has 1 aliphatic rings. The second kappa shape index (κ2) is 4.68. The molecule has 0 bridgehead atoms. The van der Waals surface area contributed by atoms with Crippen molar-refractivity contribution in [2.75, 3.05) is 13.1 Å². The van der Waals surface area contributed by atoms with Crippen molar-refractivity contribution in [1.29, 1.82) is 0 Å². The number of hydrogen-bond acceptors (Lipinski definition) is 4. The summed E-state index contributed by atoms with van der Waals surface area (Å²) in [5.74, 6) is 1.53. The topological polar surface area (TPSA) is 55.6 Å². The lowest BCUT2D eigenvalue weighted by Gasteiger charge is -2.12. The van der Waals surface area contributed by atoms with E-state index in [0.717, 1.165) is 42.2 Å². The first-order valence-corrected chi connectivity index (χ1v) is 6.88. The van der Waals surface area contributed by atoms with Crippen LogP contribution < -0.4 is 5.32 Å². The van der Waals surface area contributed by atoms with Crippen LogP contribution in [0.1, 0.15) is 18.2 Å². The number of rotatable bonds is 2. The molecule has 4 rings (SSSR count). The number of hydrogen-bond donors (Lipinski definition) is 1. The summed E-state index contributed by atoms with van der Waals surface area (Å²) in [4.78, 5) is 13.4. The summed E-state index contributed by atoms with van der Waals surface area (Å²) in [6.07, 6.45) is 6.55. The van der Waals surface area contributed by atoms with Crippen LogP contribution in [0.25, 0.3) is 16.9 Å². The van der Waals surface area contributed by atoms with Gasteiger partial charge in [0.1, 0.15) is 11.3 Å². The summed E-state index contributed by atoms with van der Waals surface area (Å²) < 4.78 is 2.16. The molecule has 20 heavy (non-hydrogen) atoms. The van der Waals surface area contributed by atoms with Gasteiger partial charge in [-0.15, -0.1) is 0 Å². The molecule has 1 fully saturated rings. The number of imidazole rings is 1. The zero-order valence-electron chi connectivity index (χ0n) is 11.0.